The van der Waals surface area contributed by atoms with Crippen LogP contribution < -0.4 is 10.9 Å². The number of nitrogens with zero attached hydrogens (tertiary/aromatic N) is 3. The van der Waals surface area contributed by atoms with Crippen LogP contribution in [0.15, 0.2) is 23.0 Å². The summed E-state index contributed by atoms with van der Waals surface area (Å²) in [6.07, 6.45) is 2.26. The fraction of sp³-hybridized carbons (Fsp3) is 0.684. The van der Waals surface area contributed by atoms with E-state index in [4.69, 9.17) is 17.0 Å². The molecule has 2 bridgehead atoms. The number of hydrogen-bond donors (Lipinski definition) is 1. The number of morpholine rings is 1. The van der Waals surface area contributed by atoms with Crippen LogP contribution in [0.4, 0.5) is 0 Å². The first-order chi connectivity index (χ1) is 12.7. The molecular weight excluding hydrogens is 348 g/mol. The fourth-order valence-electron chi connectivity index (χ4n) is 4.50. The quantitative estimate of drug-likeness (QED) is 0.622. The van der Waals surface area contributed by atoms with Crippen molar-refractivity contribution in [3.63, 3.8) is 0 Å². The van der Waals surface area contributed by atoms with E-state index in [0.717, 1.165) is 70.6 Å². The van der Waals surface area contributed by atoms with E-state index in [1.54, 1.807) is 6.07 Å². The van der Waals surface area contributed by atoms with E-state index in [1.807, 2.05) is 10.6 Å². The number of rotatable bonds is 4. The molecule has 0 aromatic carbocycles. The van der Waals surface area contributed by atoms with E-state index in [-0.39, 0.29) is 5.56 Å². The number of aromatic nitrogens is 1. The lowest BCUT2D eigenvalue weighted by atomic mass is 9.83. The number of fused-ring (bicyclic) bond motifs is 4. The number of thiocarbonyl (C=S) groups is 1. The second-order valence-electron chi connectivity index (χ2n) is 7.64. The van der Waals surface area contributed by atoms with Crippen molar-refractivity contribution in [2.24, 2.45) is 5.92 Å². The van der Waals surface area contributed by atoms with Gasteiger partial charge in [0.1, 0.15) is 0 Å². The molecule has 0 aliphatic carbocycles. The Balaban J connectivity index is 1.28. The van der Waals surface area contributed by atoms with Crippen molar-refractivity contribution >= 4 is 17.3 Å². The van der Waals surface area contributed by atoms with Gasteiger partial charge in [0.05, 0.1) is 13.2 Å². The minimum Gasteiger partial charge on any atom is -0.379 e. The third kappa shape index (κ3) is 3.94. The van der Waals surface area contributed by atoms with Crippen LogP contribution in [0.25, 0.3) is 0 Å². The first-order valence-corrected chi connectivity index (χ1v) is 10.1. The van der Waals surface area contributed by atoms with Crippen molar-refractivity contribution in [3.05, 3.63) is 34.2 Å². The van der Waals surface area contributed by atoms with Crippen LogP contribution in [0.3, 0.4) is 0 Å². The van der Waals surface area contributed by atoms with Crippen LogP contribution in [0.5, 0.6) is 0 Å². The van der Waals surface area contributed by atoms with Gasteiger partial charge in [-0.2, -0.15) is 0 Å². The zero-order chi connectivity index (χ0) is 17.9. The predicted octanol–water partition coefficient (Wildman–Crippen LogP) is 0.864. The second-order valence-corrected chi connectivity index (χ2v) is 8.03. The topological polar surface area (TPSA) is 49.7 Å². The van der Waals surface area contributed by atoms with Crippen LogP contribution >= 0.6 is 12.2 Å². The van der Waals surface area contributed by atoms with Crippen molar-refractivity contribution in [3.8, 4) is 0 Å². The van der Waals surface area contributed by atoms with E-state index in [0.29, 0.717) is 11.8 Å². The smallest absolute Gasteiger partial charge is 0.250 e. The van der Waals surface area contributed by atoms with Gasteiger partial charge in [-0.3, -0.25) is 9.69 Å². The summed E-state index contributed by atoms with van der Waals surface area (Å²) < 4.78 is 7.35. The maximum atomic E-state index is 12.1. The number of ether oxygens (including phenoxy) is 1. The molecule has 6 nitrogen and oxygen atoms in total. The van der Waals surface area contributed by atoms with Crippen molar-refractivity contribution in [2.75, 3.05) is 52.5 Å². The minimum atomic E-state index is 0.134. The Labute approximate surface area is 160 Å². The summed E-state index contributed by atoms with van der Waals surface area (Å²) in [5.41, 5.74) is 1.31. The van der Waals surface area contributed by atoms with Crippen LogP contribution in [0.2, 0.25) is 0 Å². The Kier molecular flexibility index (Phi) is 5.57. The molecule has 3 aliphatic rings. The van der Waals surface area contributed by atoms with E-state index < -0.39 is 0 Å². The van der Waals surface area contributed by atoms with E-state index in [1.165, 1.54) is 12.1 Å². The molecule has 2 fully saturated rings. The monoisotopic (exact) mass is 376 g/mol. The summed E-state index contributed by atoms with van der Waals surface area (Å²) in [7, 11) is 0. The van der Waals surface area contributed by atoms with Gasteiger partial charge < -0.3 is 19.5 Å². The zero-order valence-electron chi connectivity index (χ0n) is 15.2. The summed E-state index contributed by atoms with van der Waals surface area (Å²) in [5.74, 6) is 0.916. The molecule has 2 atom stereocenters. The van der Waals surface area contributed by atoms with E-state index in [9.17, 15) is 4.79 Å². The number of nitrogens with one attached hydrogen (secondary N) is 1. The van der Waals surface area contributed by atoms with E-state index in [2.05, 4.69) is 21.2 Å². The highest BCUT2D eigenvalue weighted by atomic mass is 32.1. The molecule has 2 saturated heterocycles. The average molecular weight is 377 g/mol. The lowest BCUT2D eigenvalue weighted by Crippen LogP contribution is -2.52. The van der Waals surface area contributed by atoms with Crippen molar-refractivity contribution in [2.45, 2.75) is 25.3 Å². The largest absolute Gasteiger partial charge is 0.379 e. The van der Waals surface area contributed by atoms with Crippen LogP contribution in [0.1, 0.15) is 24.5 Å². The van der Waals surface area contributed by atoms with Gasteiger partial charge in [-0.1, -0.05) is 6.07 Å². The van der Waals surface area contributed by atoms with Gasteiger partial charge in [0.2, 0.25) is 0 Å². The number of pyridine rings is 1. The van der Waals surface area contributed by atoms with Gasteiger partial charge in [0, 0.05) is 56.9 Å². The first-order valence-electron chi connectivity index (χ1n) is 9.73. The lowest BCUT2D eigenvalue weighted by Gasteiger charge is -2.43. The highest BCUT2D eigenvalue weighted by Crippen LogP contribution is 2.34. The number of piperidine rings is 1. The summed E-state index contributed by atoms with van der Waals surface area (Å²) in [6.45, 7) is 8.49. The SMILES string of the molecule is O=c1cccc2n1C[C@H]1C[C@H]2CN(C(=S)NCCCN2CCOCC2)C1. The Bertz CT molecular complexity index is 701. The van der Waals surface area contributed by atoms with Crippen molar-refractivity contribution in [1.82, 2.24) is 19.7 Å². The average Bonchev–Trinajstić information content (AvgIpc) is 2.67. The molecule has 1 aromatic rings. The Morgan fingerprint density at radius 1 is 1.23 bits per heavy atom. The molecular formula is C19H28N4O2S. The molecule has 1 N–H and O–H groups in total. The van der Waals surface area contributed by atoms with Crippen LogP contribution in [-0.4, -0.2) is 72.0 Å². The molecule has 26 heavy (non-hydrogen) atoms. The number of hydrogen-bond acceptors (Lipinski definition) is 4. The van der Waals surface area contributed by atoms with Gasteiger partial charge in [0.25, 0.3) is 5.56 Å². The Hall–Kier alpha value is -1.44. The zero-order valence-corrected chi connectivity index (χ0v) is 16.0. The highest BCUT2D eigenvalue weighted by molar-refractivity contribution is 7.80. The van der Waals surface area contributed by atoms with Gasteiger partial charge in [-0.05, 0) is 43.6 Å². The molecule has 142 valence electrons. The Morgan fingerprint density at radius 2 is 2.08 bits per heavy atom. The molecule has 1 aromatic heterocycles. The van der Waals surface area contributed by atoms with Crippen LogP contribution in [-0.2, 0) is 11.3 Å². The maximum absolute atomic E-state index is 12.1. The molecule has 0 saturated carbocycles. The Morgan fingerprint density at radius 3 is 2.92 bits per heavy atom. The highest BCUT2D eigenvalue weighted by Gasteiger charge is 2.35. The van der Waals surface area contributed by atoms with Gasteiger partial charge in [-0.25, -0.2) is 0 Å². The molecule has 0 radical (unpaired) electrons. The summed E-state index contributed by atoms with van der Waals surface area (Å²) in [5, 5.41) is 4.32. The van der Waals surface area contributed by atoms with E-state index >= 15 is 0 Å². The van der Waals surface area contributed by atoms with Gasteiger partial charge in [0.15, 0.2) is 5.11 Å². The molecule has 7 heteroatoms. The normalized spacial score (nSPS) is 25.6. The predicted molar refractivity (Wildman–Crippen MR) is 106 cm³/mol. The first kappa shape index (κ1) is 17.9. The van der Waals surface area contributed by atoms with Gasteiger partial charge in [-0.15, -0.1) is 0 Å². The summed E-state index contributed by atoms with van der Waals surface area (Å²) >= 11 is 5.66. The number of likely N-dealkylation sites (tertiary alicyclic amines) is 1. The summed E-state index contributed by atoms with van der Waals surface area (Å²) in [6, 6.07) is 5.66. The molecule has 4 rings (SSSR count). The third-order valence-corrected chi connectivity index (χ3v) is 6.20. The molecule has 3 aliphatic heterocycles. The molecule has 0 amide bonds. The molecule has 0 spiro atoms. The fourth-order valence-corrected chi connectivity index (χ4v) is 4.75. The molecule has 0 unspecified atom stereocenters. The summed E-state index contributed by atoms with van der Waals surface area (Å²) in [4.78, 5) is 16.9. The van der Waals surface area contributed by atoms with Gasteiger partial charge >= 0.3 is 0 Å². The third-order valence-electron chi connectivity index (χ3n) is 5.80. The van der Waals surface area contributed by atoms with Crippen molar-refractivity contribution < 1.29 is 4.74 Å². The molecule has 4 heterocycles. The minimum absolute atomic E-state index is 0.134. The van der Waals surface area contributed by atoms with Crippen LogP contribution in [0, 0.1) is 5.92 Å². The second kappa shape index (κ2) is 8.06. The standard InChI is InChI=1S/C19H28N4O2S/c24-18-4-1-3-17-16-11-15(13-23(17)18)12-22(14-16)19(26)20-5-2-6-21-7-9-25-10-8-21/h1,3-4,15-16H,2,5-14H2,(H,20,26)/t15-,16-/m0/s1. The maximum Gasteiger partial charge on any atom is 0.250 e. The lowest BCUT2D eigenvalue weighted by molar-refractivity contribution is 0.0375. The van der Waals surface area contributed by atoms with Crippen molar-refractivity contribution in [1.29, 1.82) is 0 Å².